The molecule has 1 fully saturated rings. The number of aryl methyl sites for hydroxylation is 1. The molecule has 3 atom stereocenters. The first-order valence-electron chi connectivity index (χ1n) is 17.1. The Morgan fingerprint density at radius 3 is 2.46 bits per heavy atom. The lowest BCUT2D eigenvalue weighted by Crippen LogP contribution is -2.35. The monoisotopic (exact) mass is 769 g/mol. The third-order valence-electron chi connectivity index (χ3n) is 9.48. The molecule has 3 N–H and O–H groups in total. The van der Waals surface area contributed by atoms with Gasteiger partial charge in [-0.25, -0.2) is 22.5 Å². The number of hydrogen-bond donors (Lipinski definition) is 3. The summed E-state index contributed by atoms with van der Waals surface area (Å²) >= 11 is 6.67. The van der Waals surface area contributed by atoms with E-state index in [4.69, 9.17) is 16.6 Å². The number of nitrogens with zero attached hydrogens (tertiary/aromatic N) is 5. The molecule has 16 heteroatoms. The van der Waals surface area contributed by atoms with Crippen LogP contribution in [0.2, 0.25) is 5.02 Å². The highest BCUT2D eigenvalue weighted by Gasteiger charge is 2.67. The summed E-state index contributed by atoms with van der Waals surface area (Å²) in [7, 11) is 1.71. The van der Waals surface area contributed by atoms with Crippen molar-refractivity contribution in [3.05, 3.63) is 93.0 Å². The topological polar surface area (TPSA) is 110 Å². The Bertz CT molecular complexity index is 2360. The maximum atomic E-state index is 15.4. The molecule has 7 rings (SSSR count). The molecule has 54 heavy (non-hydrogen) atoms. The third kappa shape index (κ3) is 6.88. The van der Waals surface area contributed by atoms with E-state index in [1.807, 2.05) is 6.92 Å². The van der Waals surface area contributed by atoms with Crippen LogP contribution in [0.5, 0.6) is 0 Å². The molecule has 3 aromatic heterocycles. The number of halogens is 7. The molecule has 0 aliphatic heterocycles. The van der Waals surface area contributed by atoms with E-state index < -0.39 is 71.3 Å². The number of carbonyl (C=O) groups excluding carboxylic acids is 1. The molecule has 5 aromatic rings. The Hall–Kier alpha value is -5.07. The van der Waals surface area contributed by atoms with Crippen LogP contribution in [0, 0.1) is 29.4 Å². The maximum Gasteiger partial charge on any atom is 0.293 e. The van der Waals surface area contributed by atoms with E-state index >= 15 is 8.78 Å². The fraction of sp³-hybridized carbons (Fsp3) is 0.368. The number of aromatic nitrogens is 5. The van der Waals surface area contributed by atoms with Crippen molar-refractivity contribution in [3.8, 4) is 23.0 Å². The molecule has 282 valence electrons. The molecule has 0 bridgehead atoms. The third-order valence-corrected chi connectivity index (χ3v) is 9.80. The molecule has 2 aliphatic rings. The summed E-state index contributed by atoms with van der Waals surface area (Å²) in [5.41, 5.74) is -1.15. The fourth-order valence-corrected chi connectivity index (χ4v) is 7.52. The van der Waals surface area contributed by atoms with Crippen LogP contribution in [0.3, 0.4) is 0 Å². The van der Waals surface area contributed by atoms with Crippen molar-refractivity contribution in [1.29, 1.82) is 0 Å². The largest absolute Gasteiger partial charge is 0.378 e. The first-order chi connectivity index (χ1) is 25.5. The highest BCUT2D eigenvalue weighted by Crippen LogP contribution is 2.68. The molecular formula is C38H34ClF6N7O2. The highest BCUT2D eigenvalue weighted by molar-refractivity contribution is 6.37. The average molecular weight is 770 g/mol. The second-order valence-corrected chi connectivity index (χ2v) is 14.4. The van der Waals surface area contributed by atoms with Gasteiger partial charge >= 0.3 is 0 Å². The van der Waals surface area contributed by atoms with E-state index in [1.54, 1.807) is 36.0 Å². The Morgan fingerprint density at radius 2 is 1.80 bits per heavy atom. The lowest BCUT2D eigenvalue weighted by molar-refractivity contribution is -0.123. The van der Waals surface area contributed by atoms with Crippen LogP contribution in [0.1, 0.15) is 79.5 Å². The molecule has 0 radical (unpaired) electrons. The number of amides is 1. The molecule has 1 amide bonds. The number of hydrogen-bond acceptors (Lipinski definition) is 6. The quantitative estimate of drug-likeness (QED) is 0.1000. The molecule has 0 unspecified atom stereocenters. The Labute approximate surface area is 310 Å². The van der Waals surface area contributed by atoms with Crippen molar-refractivity contribution in [2.24, 2.45) is 13.0 Å². The van der Waals surface area contributed by atoms with E-state index in [0.29, 0.717) is 50.2 Å². The average Bonchev–Trinajstić information content (AvgIpc) is 3.62. The number of anilines is 1. The van der Waals surface area contributed by atoms with E-state index in [9.17, 15) is 27.5 Å². The van der Waals surface area contributed by atoms with Gasteiger partial charge in [0.25, 0.3) is 12.3 Å². The SMILES string of the molecule is CCNc1nn(C)c2c(-c3ccc(C#CC(C)(C)O)nc3[C@H](Cc3cc(F)cc(F)c3)NC(=O)Cn3nc(C(F)F)c4c3C(F)(F)[C@@H]3C[C@H]43)ccc(Cl)c12. The van der Waals surface area contributed by atoms with Crippen LogP contribution in [0.4, 0.5) is 32.2 Å². The van der Waals surface area contributed by atoms with Gasteiger partial charge in [0.05, 0.1) is 27.7 Å². The smallest absolute Gasteiger partial charge is 0.293 e. The summed E-state index contributed by atoms with van der Waals surface area (Å²) in [5, 5.41) is 25.6. The van der Waals surface area contributed by atoms with E-state index in [1.165, 1.54) is 13.8 Å². The normalized spacial score (nSPS) is 17.6. The van der Waals surface area contributed by atoms with Gasteiger partial charge in [0.15, 0.2) is 5.82 Å². The van der Waals surface area contributed by atoms with Crippen molar-refractivity contribution in [2.45, 2.75) is 70.1 Å². The number of benzene rings is 2. The lowest BCUT2D eigenvalue weighted by Gasteiger charge is -2.23. The second kappa shape index (κ2) is 13.7. The number of rotatable bonds is 10. The molecule has 2 aliphatic carbocycles. The summed E-state index contributed by atoms with van der Waals surface area (Å²) in [4.78, 5) is 18.7. The van der Waals surface area contributed by atoms with Gasteiger partial charge in [0, 0.05) is 42.3 Å². The van der Waals surface area contributed by atoms with E-state index in [2.05, 4.69) is 32.7 Å². The summed E-state index contributed by atoms with van der Waals surface area (Å²) in [6, 6.07) is 8.27. The van der Waals surface area contributed by atoms with Gasteiger partial charge in [-0.15, -0.1) is 0 Å². The van der Waals surface area contributed by atoms with Crippen LogP contribution >= 0.6 is 11.6 Å². The van der Waals surface area contributed by atoms with Gasteiger partial charge in [0.1, 0.15) is 40.9 Å². The molecule has 0 saturated heterocycles. The summed E-state index contributed by atoms with van der Waals surface area (Å²) in [6.45, 7) is 4.53. The minimum atomic E-state index is -3.46. The number of alkyl halides is 4. The predicted octanol–water partition coefficient (Wildman–Crippen LogP) is 7.56. The van der Waals surface area contributed by atoms with Gasteiger partial charge in [-0.2, -0.15) is 19.0 Å². The molecule has 2 aromatic carbocycles. The van der Waals surface area contributed by atoms with Gasteiger partial charge in [-0.05, 0) is 81.3 Å². The Morgan fingerprint density at radius 1 is 1.09 bits per heavy atom. The van der Waals surface area contributed by atoms with Gasteiger partial charge in [-0.3, -0.25) is 14.2 Å². The fourth-order valence-electron chi connectivity index (χ4n) is 7.28. The number of fused-ring (bicyclic) bond motifs is 4. The molecule has 9 nitrogen and oxygen atoms in total. The van der Waals surface area contributed by atoms with Crippen molar-refractivity contribution < 1.29 is 36.2 Å². The molecular weight excluding hydrogens is 736 g/mol. The standard InChI is InChI=1S/C38H34ClF6N7O2/c1-5-46-36-30-26(39)9-8-23(33(30)51(4)50-36)22-7-6-21(10-11-37(2,3)54)47-31(22)27(14-18-12-19(40)15-20(41)13-18)48-28(53)17-52-34-29(32(49-52)35(42)43)24-16-25(24)38(34,44)45/h6-9,12-13,15,24-25,27,35,54H,5,14,16-17H2,1-4H3,(H,46,50)(H,48,53)/t24-,25+,27-/m0/s1. The first kappa shape index (κ1) is 37.3. The molecule has 1 saturated carbocycles. The maximum absolute atomic E-state index is 15.4. The van der Waals surface area contributed by atoms with Crippen molar-refractivity contribution in [1.82, 2.24) is 29.9 Å². The zero-order chi connectivity index (χ0) is 38.9. The van der Waals surface area contributed by atoms with E-state index in [-0.39, 0.29) is 35.4 Å². The number of carbonyl (C=O) groups is 1. The van der Waals surface area contributed by atoms with Gasteiger partial charge < -0.3 is 15.7 Å². The number of nitrogens with one attached hydrogen (secondary N) is 2. The van der Waals surface area contributed by atoms with Crippen LogP contribution in [-0.4, -0.2) is 47.7 Å². The summed E-state index contributed by atoms with van der Waals surface area (Å²) in [6.07, 6.45) is -3.34. The zero-order valence-corrected chi connectivity index (χ0v) is 30.2. The van der Waals surface area contributed by atoms with Crippen LogP contribution in [0.25, 0.3) is 22.0 Å². The van der Waals surface area contributed by atoms with Gasteiger partial charge in [-0.1, -0.05) is 23.6 Å². The summed E-state index contributed by atoms with van der Waals surface area (Å²) in [5.74, 6) is -2.03. The second-order valence-electron chi connectivity index (χ2n) is 14.0. The molecule has 3 heterocycles. The lowest BCUT2D eigenvalue weighted by atomic mass is 9.93. The minimum absolute atomic E-state index is 0.0512. The highest BCUT2D eigenvalue weighted by atomic mass is 35.5. The van der Waals surface area contributed by atoms with Crippen LogP contribution < -0.4 is 10.6 Å². The molecule has 0 spiro atoms. The van der Waals surface area contributed by atoms with Crippen molar-refractivity contribution in [2.75, 3.05) is 11.9 Å². The van der Waals surface area contributed by atoms with Crippen molar-refractivity contribution in [3.63, 3.8) is 0 Å². The summed E-state index contributed by atoms with van der Waals surface area (Å²) < 4.78 is 90.0. The number of pyridine rings is 1. The van der Waals surface area contributed by atoms with Gasteiger partial charge in [0.2, 0.25) is 5.91 Å². The first-order valence-corrected chi connectivity index (χ1v) is 17.5. The van der Waals surface area contributed by atoms with Crippen LogP contribution in [0.15, 0.2) is 42.5 Å². The Balaban J connectivity index is 1.37. The predicted molar refractivity (Wildman–Crippen MR) is 189 cm³/mol. The van der Waals surface area contributed by atoms with Crippen molar-refractivity contribution >= 4 is 34.2 Å². The number of aliphatic hydroxyl groups is 1. The Kier molecular flexibility index (Phi) is 9.42. The van der Waals surface area contributed by atoms with E-state index in [0.717, 1.165) is 12.1 Å². The zero-order valence-electron chi connectivity index (χ0n) is 29.4. The minimum Gasteiger partial charge on any atom is -0.378 e. The van der Waals surface area contributed by atoms with Crippen LogP contribution in [-0.2, 0) is 30.7 Å².